The number of hydrogen-bond acceptors (Lipinski definition) is 4. The molecule has 2 atom stereocenters. The second-order valence-corrected chi connectivity index (χ2v) is 7.76. The number of nitrogens with zero attached hydrogens (tertiary/aromatic N) is 1. The number of methoxy groups -OCH3 is 2. The maximum absolute atomic E-state index is 5.60. The minimum absolute atomic E-state index is 0.127. The summed E-state index contributed by atoms with van der Waals surface area (Å²) in [6.45, 7) is 6.91. The van der Waals surface area contributed by atoms with Crippen LogP contribution in [0.2, 0.25) is 0 Å². The first-order valence-electron chi connectivity index (χ1n) is 10.1. The molecule has 0 saturated carbocycles. The van der Waals surface area contributed by atoms with Crippen LogP contribution in [0, 0.1) is 0 Å². The summed E-state index contributed by atoms with van der Waals surface area (Å²) in [5.41, 5.74) is 3.88. The average molecular weight is 414 g/mol. The molecule has 0 fully saturated rings. The van der Waals surface area contributed by atoms with Gasteiger partial charge in [0.1, 0.15) is 0 Å². The maximum atomic E-state index is 5.60. The third-order valence-electron chi connectivity index (χ3n) is 5.42. The van der Waals surface area contributed by atoms with Crippen molar-refractivity contribution in [2.24, 2.45) is 0 Å². The summed E-state index contributed by atoms with van der Waals surface area (Å²) in [5.74, 6) is 1.55. The normalized spacial score (nSPS) is 17.2. The van der Waals surface area contributed by atoms with E-state index < -0.39 is 0 Å². The van der Waals surface area contributed by atoms with Crippen molar-refractivity contribution in [1.29, 1.82) is 0 Å². The van der Waals surface area contributed by atoms with E-state index in [-0.39, 0.29) is 12.1 Å². The van der Waals surface area contributed by atoms with Gasteiger partial charge in [0.25, 0.3) is 0 Å². The van der Waals surface area contributed by atoms with Crippen molar-refractivity contribution in [2.75, 3.05) is 27.3 Å². The molecule has 0 aromatic heterocycles. The third-order valence-corrected chi connectivity index (χ3v) is 5.69. The highest BCUT2D eigenvalue weighted by molar-refractivity contribution is 7.80. The number of benzene rings is 2. The Morgan fingerprint density at radius 1 is 1.17 bits per heavy atom. The summed E-state index contributed by atoms with van der Waals surface area (Å²) in [5, 5.41) is 7.37. The van der Waals surface area contributed by atoms with E-state index in [1.165, 1.54) is 16.7 Å². The van der Waals surface area contributed by atoms with Crippen LogP contribution in [0.15, 0.2) is 42.5 Å². The van der Waals surface area contributed by atoms with Gasteiger partial charge in [-0.2, -0.15) is 0 Å². The summed E-state index contributed by atoms with van der Waals surface area (Å²) < 4.78 is 11.1. The summed E-state index contributed by atoms with van der Waals surface area (Å²) in [6.07, 6.45) is 0.976. The molecule has 5 nitrogen and oxygen atoms in total. The van der Waals surface area contributed by atoms with Crippen molar-refractivity contribution < 1.29 is 9.47 Å². The lowest BCUT2D eigenvalue weighted by atomic mass is 9.87. The van der Waals surface area contributed by atoms with Crippen LogP contribution >= 0.6 is 12.2 Å². The quantitative estimate of drug-likeness (QED) is 0.676. The number of rotatable bonds is 7. The molecule has 0 aliphatic carbocycles. The van der Waals surface area contributed by atoms with Crippen LogP contribution in [0.3, 0.4) is 0 Å². The molecule has 0 spiro atoms. The zero-order valence-corrected chi connectivity index (χ0v) is 18.5. The summed E-state index contributed by atoms with van der Waals surface area (Å²) in [6, 6.07) is 15.2. The molecule has 0 saturated heterocycles. The van der Waals surface area contributed by atoms with Crippen LogP contribution in [0.1, 0.15) is 36.6 Å². The van der Waals surface area contributed by atoms with Gasteiger partial charge in [-0.1, -0.05) is 30.3 Å². The molecule has 2 N–H and O–H groups in total. The molecule has 0 bridgehead atoms. The van der Waals surface area contributed by atoms with Crippen molar-refractivity contribution in [1.82, 2.24) is 15.5 Å². The second-order valence-electron chi connectivity index (χ2n) is 7.35. The molecule has 0 unspecified atom stereocenters. The third kappa shape index (κ3) is 5.00. The van der Waals surface area contributed by atoms with Crippen molar-refractivity contribution in [3.8, 4) is 11.5 Å². The van der Waals surface area contributed by atoms with Crippen LogP contribution in [-0.2, 0) is 13.0 Å². The summed E-state index contributed by atoms with van der Waals surface area (Å²) >= 11 is 5.47. The topological polar surface area (TPSA) is 45.8 Å². The van der Waals surface area contributed by atoms with E-state index in [4.69, 9.17) is 21.7 Å². The maximum Gasteiger partial charge on any atom is 0.166 e. The molecule has 3 rings (SSSR count). The minimum atomic E-state index is 0.127. The highest BCUT2D eigenvalue weighted by Gasteiger charge is 2.33. The fraction of sp³-hybridized carbons (Fsp3) is 0.435. The highest BCUT2D eigenvalue weighted by Crippen LogP contribution is 2.40. The van der Waals surface area contributed by atoms with Gasteiger partial charge in [0.05, 0.1) is 20.3 Å². The number of fused-ring (bicyclic) bond motifs is 1. The van der Waals surface area contributed by atoms with Crippen LogP contribution in [0.25, 0.3) is 0 Å². The molecule has 6 heteroatoms. The molecule has 1 aliphatic rings. The molecule has 156 valence electrons. The summed E-state index contributed by atoms with van der Waals surface area (Å²) in [7, 11) is 3.37. The fourth-order valence-electron chi connectivity index (χ4n) is 4.11. The van der Waals surface area contributed by atoms with Crippen molar-refractivity contribution >= 4 is 17.3 Å². The first-order chi connectivity index (χ1) is 14.1. The Morgan fingerprint density at radius 2 is 1.86 bits per heavy atom. The number of ether oxygens (including phenoxy) is 2. The van der Waals surface area contributed by atoms with E-state index >= 15 is 0 Å². The number of thiocarbonyl (C=S) groups is 1. The van der Waals surface area contributed by atoms with E-state index in [0.717, 1.165) is 37.6 Å². The fourth-order valence-corrected chi connectivity index (χ4v) is 4.44. The Balaban J connectivity index is 1.96. The molecule has 29 heavy (non-hydrogen) atoms. The van der Waals surface area contributed by atoms with E-state index in [0.29, 0.717) is 5.11 Å². The second kappa shape index (κ2) is 9.94. The largest absolute Gasteiger partial charge is 0.493 e. The van der Waals surface area contributed by atoms with Gasteiger partial charge in [0, 0.05) is 25.7 Å². The van der Waals surface area contributed by atoms with E-state index in [1.807, 2.05) is 6.92 Å². The lowest BCUT2D eigenvalue weighted by Gasteiger charge is -2.41. The van der Waals surface area contributed by atoms with Gasteiger partial charge in [-0.25, -0.2) is 0 Å². The van der Waals surface area contributed by atoms with Gasteiger partial charge < -0.3 is 20.1 Å². The first kappa shape index (κ1) is 21.4. The molecule has 0 radical (unpaired) electrons. The van der Waals surface area contributed by atoms with Gasteiger partial charge >= 0.3 is 0 Å². The number of nitrogens with one attached hydrogen (secondary N) is 2. The van der Waals surface area contributed by atoms with Crippen molar-refractivity contribution in [2.45, 2.75) is 38.9 Å². The van der Waals surface area contributed by atoms with Gasteiger partial charge in [0.15, 0.2) is 16.6 Å². The zero-order chi connectivity index (χ0) is 20.8. The van der Waals surface area contributed by atoms with Gasteiger partial charge in [-0.05, 0) is 61.3 Å². The van der Waals surface area contributed by atoms with Crippen LogP contribution in [0.5, 0.6) is 11.5 Å². The Hall–Kier alpha value is -2.31. The molecular weight excluding hydrogens is 382 g/mol. The molecule has 0 amide bonds. The Kier molecular flexibility index (Phi) is 7.34. The van der Waals surface area contributed by atoms with Gasteiger partial charge in [-0.15, -0.1) is 0 Å². The average Bonchev–Trinajstić information content (AvgIpc) is 2.73. The van der Waals surface area contributed by atoms with E-state index in [9.17, 15) is 0 Å². The minimum Gasteiger partial charge on any atom is -0.493 e. The highest BCUT2D eigenvalue weighted by atomic mass is 32.1. The van der Waals surface area contributed by atoms with Crippen molar-refractivity contribution in [3.63, 3.8) is 0 Å². The monoisotopic (exact) mass is 413 g/mol. The zero-order valence-electron chi connectivity index (χ0n) is 17.7. The predicted molar refractivity (Wildman–Crippen MR) is 122 cm³/mol. The number of hydrogen-bond donors (Lipinski definition) is 2. The molecular formula is C23H31N3O2S. The lowest BCUT2D eigenvalue weighted by molar-refractivity contribution is 0.149. The predicted octanol–water partition coefficient (Wildman–Crippen LogP) is 3.68. The van der Waals surface area contributed by atoms with Crippen molar-refractivity contribution in [3.05, 3.63) is 59.2 Å². The van der Waals surface area contributed by atoms with Gasteiger partial charge in [0.2, 0.25) is 0 Å². The smallest absolute Gasteiger partial charge is 0.166 e. The molecule has 1 heterocycles. The standard InChI is InChI=1S/C23H31N3O2S/c1-5-24-23(29)25-16(2)22-19-14-21(28-4)20(27-3)13-18(19)11-12-26(22)15-17-9-7-6-8-10-17/h6-10,13-14,16,22H,5,11-12,15H2,1-4H3,(H2,24,25,29)/t16-,22+/m1/s1. The SMILES string of the molecule is CCNC(=S)N[C@H](C)[C@H]1c2cc(OC)c(OC)cc2CCN1Cc1ccccc1. The molecule has 2 aromatic carbocycles. The first-order valence-corrected chi connectivity index (χ1v) is 10.5. The van der Waals surface area contributed by atoms with Crippen LogP contribution < -0.4 is 20.1 Å². The van der Waals surface area contributed by atoms with Gasteiger partial charge in [-0.3, -0.25) is 4.90 Å². The van der Waals surface area contributed by atoms with E-state index in [1.54, 1.807) is 14.2 Å². The summed E-state index contributed by atoms with van der Waals surface area (Å²) in [4.78, 5) is 2.52. The molecule has 1 aliphatic heterocycles. The Bertz CT molecular complexity index is 828. The lowest BCUT2D eigenvalue weighted by Crippen LogP contribution is -2.49. The van der Waals surface area contributed by atoms with Crippen LogP contribution in [0.4, 0.5) is 0 Å². The Labute approximate surface area is 179 Å². The van der Waals surface area contributed by atoms with E-state index in [2.05, 4.69) is 64.9 Å². The molecule has 2 aromatic rings. The van der Waals surface area contributed by atoms with Crippen LogP contribution in [-0.4, -0.2) is 43.4 Å². The Morgan fingerprint density at radius 3 is 2.52 bits per heavy atom.